The molecule has 0 amide bonds. The highest BCUT2D eigenvalue weighted by Crippen LogP contribution is 2.30. The fraction of sp³-hybridized carbons (Fsp3) is 0.636. The zero-order valence-corrected chi connectivity index (χ0v) is 11.0. The lowest BCUT2D eigenvalue weighted by Gasteiger charge is -2.22. The summed E-state index contributed by atoms with van der Waals surface area (Å²) < 4.78 is 38.2. The van der Waals surface area contributed by atoms with Crippen LogP contribution >= 0.6 is 0 Å². The molecule has 0 radical (unpaired) electrons. The molecular weight excluding hydrogens is 259 g/mol. The summed E-state index contributed by atoms with van der Waals surface area (Å²) in [6, 6.07) is 0.944. The Bertz CT molecular complexity index is 408. The van der Waals surface area contributed by atoms with Crippen molar-refractivity contribution >= 4 is 11.8 Å². The Hall–Kier alpha value is -1.57. The van der Waals surface area contributed by atoms with E-state index in [9.17, 15) is 13.2 Å². The summed E-state index contributed by atoms with van der Waals surface area (Å²) in [5.74, 6) is 5.10. The second kappa shape index (κ2) is 6.55. The Labute approximate surface area is 110 Å². The van der Waals surface area contributed by atoms with Gasteiger partial charge in [0.15, 0.2) is 5.69 Å². The maximum Gasteiger partial charge on any atom is 0.433 e. The van der Waals surface area contributed by atoms with Crippen molar-refractivity contribution in [2.75, 3.05) is 23.4 Å². The average Bonchev–Trinajstić information content (AvgIpc) is 2.38. The monoisotopic (exact) mass is 277 g/mol. The number of nitrogens with two attached hydrogens (primary N) is 1. The van der Waals surface area contributed by atoms with E-state index in [1.165, 1.54) is 0 Å². The highest BCUT2D eigenvalue weighted by molar-refractivity contribution is 5.45. The number of aromatic nitrogens is 2. The van der Waals surface area contributed by atoms with Gasteiger partial charge in [-0.05, 0) is 13.3 Å². The number of nitrogens with zero attached hydrogens (tertiary/aromatic N) is 3. The van der Waals surface area contributed by atoms with E-state index < -0.39 is 11.9 Å². The first kappa shape index (κ1) is 15.5. The Kier molecular flexibility index (Phi) is 5.34. The summed E-state index contributed by atoms with van der Waals surface area (Å²) >= 11 is 0. The second-order valence-electron chi connectivity index (χ2n) is 4.01. The molecule has 0 bridgehead atoms. The minimum atomic E-state index is -4.52. The van der Waals surface area contributed by atoms with Crippen LogP contribution in [0, 0.1) is 0 Å². The third-order valence-corrected chi connectivity index (χ3v) is 2.62. The molecule has 0 saturated heterocycles. The van der Waals surface area contributed by atoms with Gasteiger partial charge >= 0.3 is 6.18 Å². The van der Waals surface area contributed by atoms with Crippen molar-refractivity contribution in [1.82, 2.24) is 9.97 Å². The van der Waals surface area contributed by atoms with Crippen molar-refractivity contribution in [2.24, 2.45) is 5.84 Å². The van der Waals surface area contributed by atoms with Crippen LogP contribution in [0.15, 0.2) is 6.07 Å². The van der Waals surface area contributed by atoms with Crippen LogP contribution < -0.4 is 16.2 Å². The largest absolute Gasteiger partial charge is 0.433 e. The van der Waals surface area contributed by atoms with Crippen LogP contribution in [0.25, 0.3) is 0 Å². The SMILES string of the molecule is CCCCN(CC)c1cc(C(F)(F)F)nc(NN)n1. The number of halogens is 3. The Morgan fingerprint density at radius 1 is 1.32 bits per heavy atom. The number of unbranched alkanes of at least 4 members (excludes halogenated alkanes) is 1. The molecule has 0 aliphatic carbocycles. The van der Waals surface area contributed by atoms with Gasteiger partial charge in [-0.25, -0.2) is 10.8 Å². The second-order valence-corrected chi connectivity index (χ2v) is 4.01. The molecule has 0 aliphatic rings. The van der Waals surface area contributed by atoms with Crippen molar-refractivity contribution in [3.8, 4) is 0 Å². The zero-order valence-electron chi connectivity index (χ0n) is 11.0. The van der Waals surface area contributed by atoms with Gasteiger partial charge in [0, 0.05) is 19.2 Å². The molecule has 1 aromatic rings. The van der Waals surface area contributed by atoms with Crippen molar-refractivity contribution in [3.05, 3.63) is 11.8 Å². The first-order chi connectivity index (χ1) is 8.92. The van der Waals surface area contributed by atoms with Crippen LogP contribution in [-0.4, -0.2) is 23.1 Å². The molecule has 3 N–H and O–H groups in total. The van der Waals surface area contributed by atoms with Crippen LogP contribution in [0.4, 0.5) is 24.9 Å². The molecule has 108 valence electrons. The summed E-state index contributed by atoms with van der Waals surface area (Å²) in [4.78, 5) is 9.05. The van der Waals surface area contributed by atoms with Crippen molar-refractivity contribution in [2.45, 2.75) is 32.9 Å². The number of hydrazine groups is 1. The third kappa shape index (κ3) is 4.23. The van der Waals surface area contributed by atoms with Crippen LogP contribution in [0.3, 0.4) is 0 Å². The highest BCUT2D eigenvalue weighted by Gasteiger charge is 2.34. The fourth-order valence-corrected chi connectivity index (χ4v) is 1.59. The molecule has 0 atom stereocenters. The van der Waals surface area contributed by atoms with E-state index >= 15 is 0 Å². The quantitative estimate of drug-likeness (QED) is 0.617. The minimum absolute atomic E-state index is 0.228. The summed E-state index contributed by atoms with van der Waals surface area (Å²) in [6.07, 6.45) is -2.69. The standard InChI is InChI=1S/C11H18F3N5/c1-3-5-6-19(4-2)9-7-8(11(12,13)14)16-10(17-9)18-15/h7H,3-6,15H2,1-2H3,(H,16,17,18). The van der Waals surface area contributed by atoms with Gasteiger partial charge in [-0.1, -0.05) is 13.3 Å². The molecule has 0 spiro atoms. The summed E-state index contributed by atoms with van der Waals surface area (Å²) in [5, 5.41) is 0. The van der Waals surface area contributed by atoms with Gasteiger partial charge in [0.2, 0.25) is 5.95 Å². The number of rotatable bonds is 6. The maximum atomic E-state index is 12.7. The van der Waals surface area contributed by atoms with Crippen molar-refractivity contribution < 1.29 is 13.2 Å². The summed E-state index contributed by atoms with van der Waals surface area (Å²) in [5.41, 5.74) is 1.07. The van der Waals surface area contributed by atoms with Crippen molar-refractivity contribution in [1.29, 1.82) is 0 Å². The summed E-state index contributed by atoms with van der Waals surface area (Å²) in [7, 11) is 0. The van der Waals surface area contributed by atoms with Gasteiger partial charge < -0.3 is 4.90 Å². The van der Waals surface area contributed by atoms with Gasteiger partial charge in [-0.15, -0.1) is 0 Å². The van der Waals surface area contributed by atoms with E-state index in [0.29, 0.717) is 13.1 Å². The van der Waals surface area contributed by atoms with Gasteiger partial charge in [-0.3, -0.25) is 5.43 Å². The van der Waals surface area contributed by atoms with Crippen LogP contribution in [0.1, 0.15) is 32.4 Å². The lowest BCUT2D eigenvalue weighted by atomic mass is 10.3. The minimum Gasteiger partial charge on any atom is -0.357 e. The predicted molar refractivity (Wildman–Crippen MR) is 67.6 cm³/mol. The first-order valence-electron chi connectivity index (χ1n) is 6.10. The number of nitrogen functional groups attached to an aromatic ring is 1. The smallest absolute Gasteiger partial charge is 0.357 e. The van der Waals surface area contributed by atoms with E-state index in [2.05, 4.69) is 15.4 Å². The molecule has 8 heteroatoms. The number of hydrogen-bond acceptors (Lipinski definition) is 5. The predicted octanol–water partition coefficient (Wildman–Crippen LogP) is 2.41. The number of nitrogens with one attached hydrogen (secondary N) is 1. The first-order valence-corrected chi connectivity index (χ1v) is 6.10. The lowest BCUT2D eigenvalue weighted by molar-refractivity contribution is -0.141. The summed E-state index contributed by atoms with van der Waals surface area (Å²) in [6.45, 7) is 5.09. The molecule has 19 heavy (non-hydrogen) atoms. The molecular formula is C11H18F3N5. The zero-order chi connectivity index (χ0) is 14.5. The lowest BCUT2D eigenvalue weighted by Crippen LogP contribution is -2.27. The molecule has 1 heterocycles. The van der Waals surface area contributed by atoms with E-state index in [1.807, 2.05) is 13.8 Å². The number of hydrogen-bond donors (Lipinski definition) is 2. The topological polar surface area (TPSA) is 67.1 Å². The van der Waals surface area contributed by atoms with E-state index in [1.54, 1.807) is 4.90 Å². The fourth-order valence-electron chi connectivity index (χ4n) is 1.59. The van der Waals surface area contributed by atoms with Crippen LogP contribution in [0.5, 0.6) is 0 Å². The molecule has 1 aromatic heterocycles. The third-order valence-electron chi connectivity index (χ3n) is 2.62. The molecule has 0 unspecified atom stereocenters. The number of anilines is 2. The highest BCUT2D eigenvalue weighted by atomic mass is 19.4. The normalized spacial score (nSPS) is 11.5. The van der Waals surface area contributed by atoms with Crippen molar-refractivity contribution in [3.63, 3.8) is 0 Å². The van der Waals surface area contributed by atoms with Gasteiger partial charge in [-0.2, -0.15) is 18.2 Å². The Morgan fingerprint density at radius 2 is 2.00 bits per heavy atom. The molecule has 0 aliphatic heterocycles. The van der Waals surface area contributed by atoms with Crippen LogP contribution in [-0.2, 0) is 6.18 Å². The maximum absolute atomic E-state index is 12.7. The van der Waals surface area contributed by atoms with E-state index in [0.717, 1.165) is 18.9 Å². The van der Waals surface area contributed by atoms with E-state index in [-0.39, 0.29) is 11.8 Å². The Balaban J connectivity index is 3.11. The van der Waals surface area contributed by atoms with Crippen LogP contribution in [0.2, 0.25) is 0 Å². The molecule has 0 saturated carbocycles. The number of alkyl halides is 3. The molecule has 5 nitrogen and oxygen atoms in total. The molecule has 0 fully saturated rings. The Morgan fingerprint density at radius 3 is 2.47 bits per heavy atom. The van der Waals surface area contributed by atoms with Gasteiger partial charge in [0.25, 0.3) is 0 Å². The molecule has 0 aromatic carbocycles. The van der Waals surface area contributed by atoms with Gasteiger partial charge in [0.05, 0.1) is 0 Å². The van der Waals surface area contributed by atoms with E-state index in [4.69, 9.17) is 5.84 Å². The average molecular weight is 277 g/mol. The molecule has 1 rings (SSSR count). The van der Waals surface area contributed by atoms with Gasteiger partial charge in [0.1, 0.15) is 5.82 Å².